The highest BCUT2D eigenvalue weighted by Crippen LogP contribution is 2.38. The highest BCUT2D eigenvalue weighted by molar-refractivity contribution is 7.73. The highest BCUT2D eigenvalue weighted by Gasteiger charge is 2.38. The third-order valence-electron chi connectivity index (χ3n) is 7.46. The quantitative estimate of drug-likeness (QED) is 0.117. The number of nitrogens with one attached hydrogen (secondary N) is 3. The fraction of sp³-hybridized carbons (Fsp3) is 0.278. The van der Waals surface area contributed by atoms with Crippen LogP contribution in [0.4, 0.5) is 36.8 Å². The van der Waals surface area contributed by atoms with Gasteiger partial charge in [0.2, 0.25) is 5.91 Å². The van der Waals surface area contributed by atoms with E-state index >= 15 is 0 Å². The van der Waals surface area contributed by atoms with E-state index in [4.69, 9.17) is 0 Å². The second-order valence-electron chi connectivity index (χ2n) is 12.4. The number of amides is 3. The first-order chi connectivity index (χ1) is 22.5. The fourth-order valence-electron chi connectivity index (χ4n) is 5.14. The van der Waals surface area contributed by atoms with Gasteiger partial charge < -0.3 is 16.0 Å². The number of hydrogen-bond acceptors (Lipinski definition) is 2. The molecular formula is C36H36F6N3O2P. The average Bonchev–Trinajstić information content (AvgIpc) is 3.02. The molecule has 0 aliphatic carbocycles. The molecular weight excluding hydrogens is 651 g/mol. The van der Waals surface area contributed by atoms with Crippen molar-refractivity contribution in [1.82, 2.24) is 10.6 Å². The molecule has 4 aromatic carbocycles. The van der Waals surface area contributed by atoms with Crippen molar-refractivity contribution in [2.75, 3.05) is 11.5 Å². The number of anilines is 1. The number of rotatable bonds is 10. The summed E-state index contributed by atoms with van der Waals surface area (Å²) in [6, 6.07) is 27.5. The minimum atomic E-state index is -5.09. The van der Waals surface area contributed by atoms with Crippen molar-refractivity contribution >= 4 is 36.2 Å². The number of hydrogen-bond donors (Lipinski definition) is 3. The molecule has 0 bridgehead atoms. The van der Waals surface area contributed by atoms with E-state index in [1.807, 2.05) is 91.0 Å². The largest absolute Gasteiger partial charge is 0.416 e. The van der Waals surface area contributed by atoms with Crippen molar-refractivity contribution in [2.45, 2.75) is 51.6 Å². The van der Waals surface area contributed by atoms with Crippen LogP contribution in [0.2, 0.25) is 0 Å². The van der Waals surface area contributed by atoms with Crippen LogP contribution in [0.5, 0.6) is 0 Å². The molecule has 5 nitrogen and oxygen atoms in total. The van der Waals surface area contributed by atoms with Gasteiger partial charge in [0.05, 0.1) is 11.1 Å². The first-order valence-corrected chi connectivity index (χ1v) is 16.6. The predicted octanol–water partition coefficient (Wildman–Crippen LogP) is 8.12. The van der Waals surface area contributed by atoms with Crippen LogP contribution in [0.15, 0.2) is 109 Å². The van der Waals surface area contributed by atoms with Gasteiger partial charge in [0, 0.05) is 11.7 Å². The molecule has 0 saturated carbocycles. The van der Waals surface area contributed by atoms with Gasteiger partial charge in [0.25, 0.3) is 0 Å². The van der Waals surface area contributed by atoms with Crippen LogP contribution < -0.4 is 26.6 Å². The molecule has 0 fully saturated rings. The Hall–Kier alpha value is -4.37. The van der Waals surface area contributed by atoms with Crippen molar-refractivity contribution in [3.05, 3.63) is 126 Å². The Morgan fingerprint density at radius 3 is 1.56 bits per heavy atom. The van der Waals surface area contributed by atoms with Gasteiger partial charge in [0.15, 0.2) is 0 Å². The molecule has 0 aromatic heterocycles. The second-order valence-corrected chi connectivity index (χ2v) is 14.6. The molecule has 0 radical (unpaired) electrons. The van der Waals surface area contributed by atoms with Crippen LogP contribution in [-0.2, 0) is 23.6 Å². The van der Waals surface area contributed by atoms with Gasteiger partial charge in [-0.15, -0.1) is 0 Å². The van der Waals surface area contributed by atoms with Crippen molar-refractivity contribution in [1.29, 1.82) is 0 Å². The number of halogens is 6. The molecule has 3 amide bonds. The molecule has 4 rings (SSSR count). The zero-order valence-corrected chi connectivity index (χ0v) is 27.4. The lowest BCUT2D eigenvalue weighted by atomic mass is 9.86. The van der Waals surface area contributed by atoms with E-state index in [1.54, 1.807) is 20.8 Å². The van der Waals surface area contributed by atoms with Gasteiger partial charge in [0.1, 0.15) is 6.04 Å². The zero-order chi connectivity index (χ0) is 35.1. The summed E-state index contributed by atoms with van der Waals surface area (Å²) in [5.41, 5.74) is -3.79. The molecule has 48 heavy (non-hydrogen) atoms. The first kappa shape index (κ1) is 36.5. The van der Waals surface area contributed by atoms with E-state index in [2.05, 4.69) is 16.0 Å². The van der Waals surface area contributed by atoms with E-state index in [0.717, 1.165) is 16.2 Å². The smallest absolute Gasteiger partial charge is 0.351 e. The van der Waals surface area contributed by atoms with Crippen molar-refractivity contribution in [2.24, 2.45) is 5.41 Å². The van der Waals surface area contributed by atoms with E-state index in [-0.39, 0.29) is 6.07 Å². The Balaban J connectivity index is 1.60. The van der Waals surface area contributed by atoms with Crippen LogP contribution in [0, 0.1) is 5.41 Å². The van der Waals surface area contributed by atoms with Gasteiger partial charge >= 0.3 is 18.4 Å². The predicted molar refractivity (Wildman–Crippen MR) is 178 cm³/mol. The van der Waals surface area contributed by atoms with Crippen LogP contribution in [0.25, 0.3) is 0 Å². The monoisotopic (exact) mass is 687 g/mol. The number of benzene rings is 4. The van der Waals surface area contributed by atoms with Crippen molar-refractivity contribution in [3.63, 3.8) is 0 Å². The van der Waals surface area contributed by atoms with Crippen LogP contribution in [0.1, 0.15) is 37.5 Å². The minimum absolute atomic E-state index is 0.0267. The third kappa shape index (κ3) is 10.3. The Bertz CT molecular complexity index is 1590. The maximum atomic E-state index is 14.0. The lowest BCUT2D eigenvalue weighted by molar-refractivity contribution is -0.143. The molecule has 2 atom stereocenters. The molecule has 3 N–H and O–H groups in total. The number of carbonyl (C=O) groups is 2. The highest BCUT2D eigenvalue weighted by atomic mass is 31.1. The maximum Gasteiger partial charge on any atom is 0.416 e. The fourth-order valence-corrected chi connectivity index (χ4v) is 7.59. The lowest BCUT2D eigenvalue weighted by Gasteiger charge is -2.33. The number of alkyl halides is 6. The molecule has 12 heteroatoms. The van der Waals surface area contributed by atoms with Gasteiger partial charge in [-0.2, -0.15) is 26.3 Å². The summed E-state index contributed by atoms with van der Waals surface area (Å²) in [4.78, 5) is 27.0. The minimum Gasteiger partial charge on any atom is -0.351 e. The van der Waals surface area contributed by atoms with E-state index in [9.17, 15) is 35.9 Å². The molecule has 0 aliphatic rings. The molecule has 254 valence electrons. The van der Waals surface area contributed by atoms with Gasteiger partial charge in [-0.3, -0.25) is 4.79 Å². The van der Waals surface area contributed by atoms with Gasteiger partial charge in [-0.1, -0.05) is 112 Å². The SMILES string of the molecule is CC(C)(C)[C@H](NC(=O)Nc1cc(C(F)(F)F)cc(C(F)(F)F)c1)C(=O)N[C@@H](Cc1ccccc1)CP(c1ccccc1)c1ccccc1. The second kappa shape index (κ2) is 15.2. The van der Waals surface area contributed by atoms with Crippen molar-refractivity contribution in [3.8, 4) is 0 Å². The van der Waals surface area contributed by atoms with Crippen LogP contribution in [-0.4, -0.2) is 30.2 Å². The van der Waals surface area contributed by atoms with E-state index in [1.165, 1.54) is 0 Å². The molecule has 0 spiro atoms. The number of urea groups is 1. The molecule has 0 aliphatic heterocycles. The standard InChI is InChI=1S/C36H36F6N3O2P/c1-34(2,3)31(45-33(47)44-27-21-25(35(37,38)39)20-26(22-27)36(40,41)42)32(46)43-28(19-24-13-7-4-8-14-24)23-48(29-15-9-5-10-16-29)30-17-11-6-12-18-30/h4-18,20-22,28,31H,19,23H2,1-3H3,(H,43,46)(H2,44,45,47)/t28-,31+/m0/s1. The summed E-state index contributed by atoms with van der Waals surface area (Å²) in [6.45, 7) is 5.07. The molecule has 0 saturated heterocycles. The molecule has 0 heterocycles. The van der Waals surface area contributed by atoms with Gasteiger partial charge in [-0.25, -0.2) is 4.79 Å². The number of carbonyl (C=O) groups excluding carboxylic acids is 2. The Labute approximate surface area is 276 Å². The van der Waals surface area contributed by atoms with E-state index in [0.29, 0.717) is 24.7 Å². The van der Waals surface area contributed by atoms with Crippen LogP contribution >= 0.6 is 7.92 Å². The Kier molecular flexibility index (Phi) is 11.6. The van der Waals surface area contributed by atoms with Gasteiger partial charge in [-0.05, 0) is 60.3 Å². The summed E-state index contributed by atoms with van der Waals surface area (Å²) < 4.78 is 80.3. The molecule has 4 aromatic rings. The zero-order valence-electron chi connectivity index (χ0n) is 26.5. The normalized spacial score (nSPS) is 13.5. The maximum absolute atomic E-state index is 14.0. The average molecular weight is 688 g/mol. The summed E-state index contributed by atoms with van der Waals surface area (Å²) >= 11 is 0. The third-order valence-corrected chi connectivity index (χ3v) is 10.1. The molecule has 0 unspecified atom stereocenters. The van der Waals surface area contributed by atoms with E-state index < -0.39 is 66.5 Å². The summed E-state index contributed by atoms with van der Waals surface area (Å²) in [6.07, 6.45) is -9.15. The summed E-state index contributed by atoms with van der Waals surface area (Å²) in [5.74, 6) is -0.547. The topological polar surface area (TPSA) is 70.2 Å². The summed E-state index contributed by atoms with van der Waals surface area (Å²) in [7, 11) is -0.938. The first-order valence-electron chi connectivity index (χ1n) is 15.1. The Morgan fingerprint density at radius 1 is 0.667 bits per heavy atom. The Morgan fingerprint density at radius 2 is 1.12 bits per heavy atom. The van der Waals surface area contributed by atoms with Crippen molar-refractivity contribution < 1.29 is 35.9 Å². The van der Waals surface area contributed by atoms with Crippen LogP contribution in [0.3, 0.4) is 0 Å². The summed E-state index contributed by atoms with van der Waals surface area (Å²) in [5, 5.41) is 9.87. The lowest BCUT2D eigenvalue weighted by Crippen LogP contribution is -2.57.